The third-order valence-electron chi connectivity index (χ3n) is 5.91. The Morgan fingerprint density at radius 1 is 0.818 bits per heavy atom. The first-order chi connectivity index (χ1) is 15.8. The molecular formula is C27H19F3N2O. The number of alkyl halides is 3. The van der Waals surface area contributed by atoms with Crippen molar-refractivity contribution in [2.75, 3.05) is 0 Å². The van der Waals surface area contributed by atoms with Crippen LogP contribution in [0.3, 0.4) is 0 Å². The summed E-state index contributed by atoms with van der Waals surface area (Å²) in [7, 11) is 0. The number of amides is 1. The number of carbonyl (C=O) groups is 1. The molecule has 1 aromatic heterocycles. The number of carbonyl (C=O) groups excluding carboxylic acids is 1. The molecule has 3 nitrogen and oxygen atoms in total. The molecule has 0 unspecified atom stereocenters. The lowest BCUT2D eigenvalue weighted by Crippen LogP contribution is -2.11. The SMILES string of the molecule is NC(=O)c1cccc2c1c1ccc(C(F)(F)F)cc1n2Cc1ccccc1-c1ccccc1. The summed E-state index contributed by atoms with van der Waals surface area (Å²) < 4.78 is 42.4. The average molecular weight is 444 g/mol. The van der Waals surface area contributed by atoms with E-state index in [2.05, 4.69) is 0 Å². The molecule has 0 aliphatic carbocycles. The van der Waals surface area contributed by atoms with Crippen LogP contribution in [0.5, 0.6) is 0 Å². The molecule has 0 bridgehead atoms. The van der Waals surface area contributed by atoms with E-state index in [1.807, 2.05) is 59.2 Å². The predicted octanol–water partition coefficient (Wildman–Crippen LogP) is 6.63. The number of hydrogen-bond acceptors (Lipinski definition) is 1. The van der Waals surface area contributed by atoms with E-state index in [0.717, 1.165) is 28.8 Å². The van der Waals surface area contributed by atoms with Crippen molar-refractivity contribution in [1.82, 2.24) is 4.57 Å². The lowest BCUT2D eigenvalue weighted by Gasteiger charge is -2.14. The van der Waals surface area contributed by atoms with E-state index < -0.39 is 17.6 Å². The van der Waals surface area contributed by atoms with Crippen molar-refractivity contribution >= 4 is 27.7 Å². The van der Waals surface area contributed by atoms with Gasteiger partial charge >= 0.3 is 6.18 Å². The molecule has 5 aromatic rings. The second-order valence-electron chi connectivity index (χ2n) is 7.90. The number of nitrogens with zero attached hydrogens (tertiary/aromatic N) is 1. The van der Waals surface area contributed by atoms with Crippen molar-refractivity contribution in [2.24, 2.45) is 5.73 Å². The number of aromatic nitrogens is 1. The summed E-state index contributed by atoms with van der Waals surface area (Å²) in [4.78, 5) is 12.1. The molecule has 1 heterocycles. The Morgan fingerprint density at radius 2 is 1.55 bits per heavy atom. The van der Waals surface area contributed by atoms with E-state index in [9.17, 15) is 18.0 Å². The number of nitrogens with two attached hydrogens (primary N) is 1. The van der Waals surface area contributed by atoms with Gasteiger partial charge in [0.05, 0.1) is 16.6 Å². The Bertz CT molecular complexity index is 1500. The van der Waals surface area contributed by atoms with E-state index in [1.165, 1.54) is 6.07 Å². The summed E-state index contributed by atoms with van der Waals surface area (Å²) in [6, 6.07) is 26.3. The highest BCUT2D eigenvalue weighted by atomic mass is 19.4. The van der Waals surface area contributed by atoms with Crippen LogP contribution in [0.25, 0.3) is 32.9 Å². The van der Waals surface area contributed by atoms with Crippen molar-refractivity contribution in [3.8, 4) is 11.1 Å². The highest BCUT2D eigenvalue weighted by Gasteiger charge is 2.31. The molecule has 0 saturated heterocycles. The number of hydrogen-bond donors (Lipinski definition) is 1. The van der Waals surface area contributed by atoms with Crippen LogP contribution in [0.1, 0.15) is 21.5 Å². The zero-order chi connectivity index (χ0) is 23.2. The molecule has 0 aliphatic heterocycles. The second kappa shape index (κ2) is 7.81. The molecule has 1 amide bonds. The Hall–Kier alpha value is -4.06. The van der Waals surface area contributed by atoms with Gasteiger partial charge in [0.25, 0.3) is 0 Å². The van der Waals surface area contributed by atoms with Gasteiger partial charge in [0.2, 0.25) is 5.91 Å². The molecule has 164 valence electrons. The van der Waals surface area contributed by atoms with Crippen LogP contribution >= 0.6 is 0 Å². The molecule has 0 spiro atoms. The minimum Gasteiger partial charge on any atom is -0.366 e. The number of benzene rings is 4. The van der Waals surface area contributed by atoms with Crippen LogP contribution in [0, 0.1) is 0 Å². The number of primary amides is 1. The van der Waals surface area contributed by atoms with Crippen LogP contribution in [0.4, 0.5) is 13.2 Å². The number of fused-ring (bicyclic) bond motifs is 3. The third-order valence-corrected chi connectivity index (χ3v) is 5.91. The normalized spacial score (nSPS) is 11.8. The summed E-state index contributed by atoms with van der Waals surface area (Å²) >= 11 is 0. The smallest absolute Gasteiger partial charge is 0.366 e. The minimum absolute atomic E-state index is 0.285. The van der Waals surface area contributed by atoms with Crippen molar-refractivity contribution < 1.29 is 18.0 Å². The summed E-state index contributed by atoms with van der Waals surface area (Å²) in [5.74, 6) is -0.621. The van der Waals surface area contributed by atoms with E-state index in [-0.39, 0.29) is 5.56 Å². The average Bonchev–Trinajstić information content (AvgIpc) is 3.12. The quantitative estimate of drug-likeness (QED) is 0.332. The molecule has 33 heavy (non-hydrogen) atoms. The standard InChI is InChI=1S/C27H19F3N2O/c28-27(29,30)19-13-14-21-24(15-19)32(23-12-6-11-22(25(21)23)26(31)33)16-18-9-4-5-10-20(18)17-7-2-1-3-8-17/h1-15H,16H2,(H2,31,33). The summed E-state index contributed by atoms with van der Waals surface area (Å²) in [5, 5.41) is 1.12. The molecule has 0 radical (unpaired) electrons. The Kier molecular flexibility index (Phi) is 4.93. The van der Waals surface area contributed by atoms with E-state index in [4.69, 9.17) is 5.73 Å². The van der Waals surface area contributed by atoms with Crippen LogP contribution in [0.2, 0.25) is 0 Å². The highest BCUT2D eigenvalue weighted by molar-refractivity contribution is 6.18. The van der Waals surface area contributed by atoms with Gasteiger partial charge in [-0.3, -0.25) is 4.79 Å². The zero-order valence-corrected chi connectivity index (χ0v) is 17.4. The van der Waals surface area contributed by atoms with E-state index >= 15 is 0 Å². The molecular weight excluding hydrogens is 425 g/mol. The van der Waals surface area contributed by atoms with Gasteiger partial charge in [0, 0.05) is 22.9 Å². The Morgan fingerprint density at radius 3 is 2.27 bits per heavy atom. The molecule has 0 atom stereocenters. The third kappa shape index (κ3) is 3.63. The maximum atomic E-state index is 13.5. The fourth-order valence-corrected chi connectivity index (χ4v) is 4.42. The molecule has 2 N–H and O–H groups in total. The van der Waals surface area contributed by atoms with Gasteiger partial charge in [-0.15, -0.1) is 0 Å². The van der Waals surface area contributed by atoms with Crippen molar-refractivity contribution in [1.29, 1.82) is 0 Å². The van der Waals surface area contributed by atoms with E-state index in [1.54, 1.807) is 18.2 Å². The summed E-state index contributed by atoms with van der Waals surface area (Å²) in [6.07, 6.45) is -4.48. The Balaban J connectivity index is 1.79. The second-order valence-corrected chi connectivity index (χ2v) is 7.90. The largest absolute Gasteiger partial charge is 0.416 e. The van der Waals surface area contributed by atoms with Crippen molar-refractivity contribution in [3.05, 3.63) is 108 Å². The van der Waals surface area contributed by atoms with E-state index in [0.29, 0.717) is 28.4 Å². The van der Waals surface area contributed by atoms with Crippen LogP contribution in [-0.4, -0.2) is 10.5 Å². The molecule has 0 fully saturated rings. The minimum atomic E-state index is -4.48. The molecule has 0 aliphatic rings. The van der Waals surface area contributed by atoms with Crippen LogP contribution < -0.4 is 5.73 Å². The van der Waals surface area contributed by atoms with Crippen molar-refractivity contribution in [3.63, 3.8) is 0 Å². The van der Waals surface area contributed by atoms with Gasteiger partial charge in [0.1, 0.15) is 0 Å². The molecule has 6 heteroatoms. The first-order valence-electron chi connectivity index (χ1n) is 10.4. The molecule has 0 saturated carbocycles. The highest BCUT2D eigenvalue weighted by Crippen LogP contribution is 2.37. The van der Waals surface area contributed by atoms with Gasteiger partial charge in [0.15, 0.2) is 0 Å². The summed E-state index contributed by atoms with van der Waals surface area (Å²) in [5.41, 5.74) is 9.16. The zero-order valence-electron chi connectivity index (χ0n) is 17.4. The summed E-state index contributed by atoms with van der Waals surface area (Å²) in [6.45, 7) is 0.328. The molecule has 5 rings (SSSR count). The first kappa shape index (κ1) is 20.8. The fourth-order valence-electron chi connectivity index (χ4n) is 4.42. The van der Waals surface area contributed by atoms with Gasteiger partial charge in [-0.1, -0.05) is 66.7 Å². The topological polar surface area (TPSA) is 48.0 Å². The monoisotopic (exact) mass is 444 g/mol. The first-order valence-corrected chi connectivity index (χ1v) is 10.4. The van der Waals surface area contributed by atoms with Crippen molar-refractivity contribution in [2.45, 2.75) is 12.7 Å². The van der Waals surface area contributed by atoms with Gasteiger partial charge < -0.3 is 10.3 Å². The number of rotatable bonds is 4. The van der Waals surface area contributed by atoms with Gasteiger partial charge in [-0.2, -0.15) is 13.2 Å². The fraction of sp³-hybridized carbons (Fsp3) is 0.0741. The Labute approximate surface area is 187 Å². The lowest BCUT2D eigenvalue weighted by molar-refractivity contribution is -0.137. The predicted molar refractivity (Wildman–Crippen MR) is 124 cm³/mol. The van der Waals surface area contributed by atoms with Gasteiger partial charge in [-0.05, 0) is 41.0 Å². The van der Waals surface area contributed by atoms with Gasteiger partial charge in [-0.25, -0.2) is 0 Å². The lowest BCUT2D eigenvalue weighted by atomic mass is 9.99. The maximum absolute atomic E-state index is 13.5. The van der Waals surface area contributed by atoms with Crippen LogP contribution in [0.15, 0.2) is 91.0 Å². The maximum Gasteiger partial charge on any atom is 0.416 e. The molecule has 4 aromatic carbocycles. The number of halogens is 3. The van der Waals surface area contributed by atoms with Crippen LogP contribution in [-0.2, 0) is 12.7 Å².